The van der Waals surface area contributed by atoms with E-state index in [-0.39, 0.29) is 5.20 Å². The van der Waals surface area contributed by atoms with Gasteiger partial charge in [0.05, 0.1) is 8.07 Å². The molecule has 0 N–H and O–H groups in total. The van der Waals surface area contributed by atoms with Crippen molar-refractivity contribution in [2.75, 3.05) is 26.2 Å². The van der Waals surface area contributed by atoms with Gasteiger partial charge in [0.15, 0.2) is 0 Å². The maximum absolute atomic E-state index is 13.2. The molecule has 0 aliphatic carbocycles. The van der Waals surface area contributed by atoms with Crippen LogP contribution in [0.25, 0.3) is 5.20 Å². The number of benzene rings is 1. The summed E-state index contributed by atoms with van der Waals surface area (Å²) in [5.74, 6) is 0.747. The Balaban J connectivity index is 1.96. The van der Waals surface area contributed by atoms with Crippen LogP contribution in [0.3, 0.4) is 0 Å². The molecule has 1 saturated heterocycles. The van der Waals surface area contributed by atoms with E-state index < -0.39 is 14.2 Å². The number of nitrogens with zero attached hydrogens (tertiary/aromatic N) is 1. The van der Waals surface area contributed by atoms with Crippen molar-refractivity contribution in [2.45, 2.75) is 32.5 Å². The number of likely N-dealkylation sites (tertiary alicyclic amines) is 1. The van der Waals surface area contributed by atoms with E-state index in [1.807, 2.05) is 19.6 Å². The first-order valence-corrected chi connectivity index (χ1v) is 11.4. The maximum atomic E-state index is 13.2. The van der Waals surface area contributed by atoms with Crippen molar-refractivity contribution in [1.82, 2.24) is 4.90 Å². The first-order chi connectivity index (χ1) is 10.4. The molecule has 0 radical (unpaired) electrons. The molecule has 1 heterocycles. The molecule has 0 saturated carbocycles. The molecule has 5 heteroatoms. The van der Waals surface area contributed by atoms with Crippen LogP contribution in [0.5, 0.6) is 5.75 Å². The Kier molecular flexibility index (Phi) is 5.75. The number of ether oxygens (including phenoxy) is 1. The van der Waals surface area contributed by atoms with Crippen LogP contribution >= 0.6 is 0 Å². The van der Waals surface area contributed by atoms with Gasteiger partial charge in [0, 0.05) is 11.7 Å². The molecular formula is C17H25F2NOSi. The quantitative estimate of drug-likeness (QED) is 0.706. The fraction of sp³-hybridized carbons (Fsp3) is 0.529. The highest BCUT2D eigenvalue weighted by atomic mass is 28.3. The van der Waals surface area contributed by atoms with Crippen LogP contribution < -0.4 is 4.74 Å². The van der Waals surface area contributed by atoms with E-state index in [4.69, 9.17) is 4.74 Å². The minimum absolute atomic E-state index is 0.233. The third kappa shape index (κ3) is 4.65. The van der Waals surface area contributed by atoms with Crippen molar-refractivity contribution in [2.24, 2.45) is 0 Å². The van der Waals surface area contributed by atoms with Gasteiger partial charge in [-0.2, -0.15) is 8.78 Å². The second-order valence-electron chi connectivity index (χ2n) is 6.81. The summed E-state index contributed by atoms with van der Waals surface area (Å²) in [6.45, 7) is 9.69. The topological polar surface area (TPSA) is 12.5 Å². The number of rotatable bonds is 6. The normalized spacial score (nSPS) is 15.9. The third-order valence-electron chi connectivity index (χ3n) is 3.96. The Bertz CT molecular complexity index is 512. The SMILES string of the molecule is C[Si](C)(C)C(=C(F)F)c1ccc(OCCN2CCCC2)cc1. The molecule has 0 spiro atoms. The van der Waals surface area contributed by atoms with Gasteiger partial charge in [0.25, 0.3) is 6.08 Å². The zero-order valence-corrected chi connectivity index (χ0v) is 14.7. The Labute approximate surface area is 132 Å². The highest BCUT2D eigenvalue weighted by molar-refractivity contribution is 6.93. The summed E-state index contributed by atoms with van der Waals surface area (Å²) in [5, 5.41) is 0.233. The van der Waals surface area contributed by atoms with Gasteiger partial charge >= 0.3 is 0 Å². The molecule has 2 nitrogen and oxygen atoms in total. The molecule has 0 bridgehead atoms. The molecule has 0 atom stereocenters. The maximum Gasteiger partial charge on any atom is 0.270 e. The van der Waals surface area contributed by atoms with E-state index in [0.29, 0.717) is 12.2 Å². The highest BCUT2D eigenvalue weighted by Crippen LogP contribution is 2.31. The summed E-state index contributed by atoms with van der Waals surface area (Å²) >= 11 is 0. The monoisotopic (exact) mass is 325 g/mol. The predicted molar refractivity (Wildman–Crippen MR) is 90.1 cm³/mol. The lowest BCUT2D eigenvalue weighted by atomic mass is 10.2. The molecule has 2 rings (SSSR count). The van der Waals surface area contributed by atoms with Crippen LogP contribution in [0.15, 0.2) is 30.3 Å². The lowest BCUT2D eigenvalue weighted by Crippen LogP contribution is -2.25. The average Bonchev–Trinajstić information content (AvgIpc) is 2.92. The average molecular weight is 325 g/mol. The van der Waals surface area contributed by atoms with Gasteiger partial charge in [-0.15, -0.1) is 0 Å². The summed E-state index contributed by atoms with van der Waals surface area (Å²) in [4.78, 5) is 2.39. The molecule has 0 unspecified atom stereocenters. The third-order valence-corrected chi connectivity index (χ3v) is 5.93. The van der Waals surface area contributed by atoms with Crippen LogP contribution in [0.1, 0.15) is 18.4 Å². The van der Waals surface area contributed by atoms with Crippen molar-refractivity contribution in [1.29, 1.82) is 0 Å². The molecule has 22 heavy (non-hydrogen) atoms. The zero-order chi connectivity index (χ0) is 16.2. The smallest absolute Gasteiger partial charge is 0.270 e. The first-order valence-electron chi connectivity index (χ1n) is 7.89. The Morgan fingerprint density at radius 3 is 2.18 bits per heavy atom. The van der Waals surface area contributed by atoms with Crippen molar-refractivity contribution in [3.05, 3.63) is 35.9 Å². The molecule has 0 aromatic heterocycles. The Morgan fingerprint density at radius 1 is 1.09 bits per heavy atom. The van der Waals surface area contributed by atoms with Crippen molar-refractivity contribution in [3.63, 3.8) is 0 Å². The van der Waals surface area contributed by atoms with Crippen molar-refractivity contribution < 1.29 is 13.5 Å². The van der Waals surface area contributed by atoms with E-state index in [1.54, 1.807) is 24.3 Å². The van der Waals surface area contributed by atoms with E-state index in [2.05, 4.69) is 4.90 Å². The molecule has 1 aliphatic rings. The molecule has 1 aromatic carbocycles. The van der Waals surface area contributed by atoms with Gasteiger partial charge in [0.1, 0.15) is 12.4 Å². The van der Waals surface area contributed by atoms with E-state index >= 15 is 0 Å². The Hall–Kier alpha value is -1.20. The van der Waals surface area contributed by atoms with E-state index in [0.717, 1.165) is 25.4 Å². The molecule has 122 valence electrons. The lowest BCUT2D eigenvalue weighted by molar-refractivity contribution is 0.238. The Morgan fingerprint density at radius 2 is 1.68 bits per heavy atom. The molecule has 1 fully saturated rings. The van der Waals surface area contributed by atoms with Crippen LogP contribution in [0.4, 0.5) is 8.78 Å². The summed E-state index contributed by atoms with van der Waals surface area (Å²) in [7, 11) is -2.07. The number of halogens is 2. The minimum atomic E-state index is -2.07. The summed E-state index contributed by atoms with van der Waals surface area (Å²) < 4.78 is 32.2. The van der Waals surface area contributed by atoms with Crippen LogP contribution in [0.2, 0.25) is 19.6 Å². The van der Waals surface area contributed by atoms with Crippen LogP contribution in [-0.2, 0) is 0 Å². The van der Waals surface area contributed by atoms with E-state index in [1.165, 1.54) is 12.8 Å². The largest absolute Gasteiger partial charge is 0.492 e. The zero-order valence-electron chi connectivity index (χ0n) is 13.7. The number of hydrogen-bond donors (Lipinski definition) is 0. The molecular weight excluding hydrogens is 300 g/mol. The standard InChI is InChI=1S/C17H25F2NOSi/c1-22(2,3)16(17(18)19)14-6-8-15(9-7-14)21-13-12-20-10-4-5-11-20/h6-9H,4-5,10-13H2,1-3H3. The van der Waals surface area contributed by atoms with Gasteiger partial charge < -0.3 is 4.74 Å². The number of hydrogen-bond acceptors (Lipinski definition) is 2. The minimum Gasteiger partial charge on any atom is -0.492 e. The first kappa shape index (κ1) is 17.2. The van der Waals surface area contributed by atoms with Crippen LogP contribution in [-0.4, -0.2) is 39.2 Å². The van der Waals surface area contributed by atoms with Gasteiger partial charge in [-0.25, -0.2) is 0 Å². The fourth-order valence-electron chi connectivity index (χ4n) is 2.84. The van der Waals surface area contributed by atoms with Crippen molar-refractivity contribution in [3.8, 4) is 5.75 Å². The molecule has 1 aliphatic heterocycles. The van der Waals surface area contributed by atoms with Gasteiger partial charge in [-0.05, 0) is 43.6 Å². The second-order valence-corrected chi connectivity index (χ2v) is 11.8. The summed E-state index contributed by atoms with van der Waals surface area (Å²) in [6.07, 6.45) is 0.992. The molecule has 1 aromatic rings. The van der Waals surface area contributed by atoms with E-state index in [9.17, 15) is 8.78 Å². The molecule has 0 amide bonds. The van der Waals surface area contributed by atoms with Crippen molar-refractivity contribution >= 4 is 13.3 Å². The van der Waals surface area contributed by atoms with Gasteiger partial charge in [-0.3, -0.25) is 4.90 Å². The predicted octanol–water partition coefficient (Wildman–Crippen LogP) is 4.65. The lowest BCUT2D eigenvalue weighted by Gasteiger charge is -2.20. The fourth-order valence-corrected chi connectivity index (χ4v) is 4.44. The van der Waals surface area contributed by atoms with Crippen LogP contribution in [0, 0.1) is 0 Å². The van der Waals surface area contributed by atoms with Gasteiger partial charge in [0.2, 0.25) is 0 Å². The van der Waals surface area contributed by atoms with Gasteiger partial charge in [-0.1, -0.05) is 31.8 Å². The summed E-state index contributed by atoms with van der Waals surface area (Å²) in [6, 6.07) is 7.08. The summed E-state index contributed by atoms with van der Waals surface area (Å²) in [5.41, 5.74) is 0.617. The second kappa shape index (κ2) is 7.37. The highest BCUT2D eigenvalue weighted by Gasteiger charge is 2.26.